The Morgan fingerprint density at radius 2 is 1.46 bits per heavy atom. The SMILES string of the molecule is CC(C)S(=O)(=O)/C(C#N)=C/c1cc(C(F)(F)F)cc(C(F)(F)F)c1. The van der Waals surface area contributed by atoms with Crippen LogP contribution in [0.25, 0.3) is 6.08 Å². The van der Waals surface area contributed by atoms with Gasteiger partial charge < -0.3 is 0 Å². The van der Waals surface area contributed by atoms with Crippen molar-refractivity contribution in [3.8, 4) is 6.07 Å². The Kier molecular flexibility index (Phi) is 5.40. The number of rotatable bonds is 3. The topological polar surface area (TPSA) is 57.9 Å². The van der Waals surface area contributed by atoms with Crippen molar-refractivity contribution in [2.24, 2.45) is 0 Å². The van der Waals surface area contributed by atoms with Gasteiger partial charge in [-0.15, -0.1) is 0 Å². The molecule has 3 nitrogen and oxygen atoms in total. The molecule has 0 radical (unpaired) electrons. The summed E-state index contributed by atoms with van der Waals surface area (Å²) in [6.45, 7) is 2.46. The smallest absolute Gasteiger partial charge is 0.223 e. The molecular weight excluding hydrogens is 360 g/mol. The van der Waals surface area contributed by atoms with Crippen LogP contribution in [0, 0.1) is 11.3 Å². The number of halogens is 6. The lowest BCUT2D eigenvalue weighted by Crippen LogP contribution is -2.15. The van der Waals surface area contributed by atoms with E-state index < -0.39 is 49.0 Å². The van der Waals surface area contributed by atoms with Crippen LogP contribution in [0.2, 0.25) is 0 Å². The molecule has 0 aliphatic carbocycles. The van der Waals surface area contributed by atoms with Gasteiger partial charge in [-0.2, -0.15) is 31.6 Å². The maximum atomic E-state index is 12.7. The number of nitrogens with zero attached hydrogens (tertiary/aromatic N) is 1. The number of benzene rings is 1. The molecule has 0 amide bonds. The molecule has 0 saturated carbocycles. The second-order valence-corrected chi connectivity index (χ2v) is 7.53. The number of sulfone groups is 1. The Morgan fingerprint density at radius 3 is 1.75 bits per heavy atom. The third-order valence-electron chi connectivity index (χ3n) is 2.95. The lowest BCUT2D eigenvalue weighted by atomic mass is 10.0. The number of alkyl halides is 6. The normalized spacial score (nSPS) is 13.9. The van der Waals surface area contributed by atoms with Gasteiger partial charge >= 0.3 is 12.4 Å². The third-order valence-corrected chi connectivity index (χ3v) is 5.01. The average molecular weight is 371 g/mol. The first-order chi connectivity index (χ1) is 10.7. The highest BCUT2D eigenvalue weighted by molar-refractivity contribution is 7.96. The van der Waals surface area contributed by atoms with Crippen LogP contribution < -0.4 is 0 Å². The van der Waals surface area contributed by atoms with Crippen LogP contribution in [0.15, 0.2) is 23.1 Å². The van der Waals surface area contributed by atoms with Gasteiger partial charge in [0.15, 0.2) is 9.84 Å². The van der Waals surface area contributed by atoms with E-state index in [-0.39, 0.29) is 6.07 Å². The fourth-order valence-electron chi connectivity index (χ4n) is 1.65. The number of allylic oxidation sites excluding steroid dienone is 1. The van der Waals surface area contributed by atoms with Crippen molar-refractivity contribution in [2.45, 2.75) is 31.5 Å². The van der Waals surface area contributed by atoms with Gasteiger partial charge in [-0.05, 0) is 43.7 Å². The summed E-state index contributed by atoms with van der Waals surface area (Å²) in [7, 11) is -4.15. The van der Waals surface area contributed by atoms with E-state index in [1.54, 1.807) is 0 Å². The number of hydrogen-bond donors (Lipinski definition) is 0. The minimum absolute atomic E-state index is 0.0830. The van der Waals surface area contributed by atoms with Crippen LogP contribution in [-0.4, -0.2) is 13.7 Å². The molecule has 132 valence electrons. The molecule has 1 rings (SSSR count). The van der Waals surface area contributed by atoms with Crippen molar-refractivity contribution in [1.82, 2.24) is 0 Å². The standard InChI is InChI=1S/C14H11F6NO2S/c1-8(2)24(22,23)12(7-21)5-9-3-10(13(15,16)17)6-11(4-9)14(18,19)20/h3-6,8H,1-2H3/b12-5+. The van der Waals surface area contributed by atoms with Crippen LogP contribution in [0.5, 0.6) is 0 Å². The summed E-state index contributed by atoms with van der Waals surface area (Å²) in [5, 5.41) is 7.83. The van der Waals surface area contributed by atoms with Crippen LogP contribution in [0.4, 0.5) is 26.3 Å². The summed E-state index contributed by atoms with van der Waals surface area (Å²) in [5.74, 6) is 0. The van der Waals surface area contributed by atoms with Crippen molar-refractivity contribution in [3.05, 3.63) is 39.8 Å². The second-order valence-electron chi connectivity index (χ2n) is 5.05. The molecule has 0 aromatic heterocycles. The highest BCUT2D eigenvalue weighted by atomic mass is 32.2. The first-order valence-corrected chi connectivity index (χ1v) is 7.89. The average Bonchev–Trinajstić information content (AvgIpc) is 2.42. The van der Waals surface area contributed by atoms with Crippen molar-refractivity contribution >= 4 is 15.9 Å². The van der Waals surface area contributed by atoms with Crippen molar-refractivity contribution in [3.63, 3.8) is 0 Å². The third kappa shape index (κ3) is 4.50. The van der Waals surface area contributed by atoms with E-state index in [9.17, 15) is 34.8 Å². The quantitative estimate of drug-likeness (QED) is 0.584. The zero-order valence-corrected chi connectivity index (χ0v) is 13.1. The van der Waals surface area contributed by atoms with Gasteiger partial charge in [-0.1, -0.05) is 0 Å². The molecule has 0 atom stereocenters. The highest BCUT2D eigenvalue weighted by Crippen LogP contribution is 2.36. The zero-order valence-electron chi connectivity index (χ0n) is 12.3. The second kappa shape index (κ2) is 6.47. The molecule has 24 heavy (non-hydrogen) atoms. The van der Waals surface area contributed by atoms with Crippen LogP contribution in [0.3, 0.4) is 0 Å². The summed E-state index contributed by atoms with van der Waals surface area (Å²) in [4.78, 5) is -0.912. The van der Waals surface area contributed by atoms with Crippen LogP contribution in [-0.2, 0) is 22.2 Å². The molecule has 0 N–H and O–H groups in total. The highest BCUT2D eigenvalue weighted by Gasteiger charge is 2.37. The van der Waals surface area contributed by atoms with Gasteiger partial charge in [-0.25, -0.2) is 8.42 Å². The number of nitriles is 1. The Morgan fingerprint density at radius 1 is 1.04 bits per heavy atom. The first-order valence-electron chi connectivity index (χ1n) is 6.34. The van der Waals surface area contributed by atoms with Gasteiger partial charge in [0.05, 0.1) is 16.4 Å². The van der Waals surface area contributed by atoms with Crippen molar-refractivity contribution in [1.29, 1.82) is 5.26 Å². The molecule has 0 spiro atoms. The van der Waals surface area contributed by atoms with Gasteiger partial charge in [0.2, 0.25) is 0 Å². The molecule has 1 aromatic carbocycles. The lowest BCUT2D eigenvalue weighted by Gasteiger charge is -2.13. The predicted molar refractivity (Wildman–Crippen MR) is 74.1 cm³/mol. The van der Waals surface area contributed by atoms with E-state index >= 15 is 0 Å². The monoisotopic (exact) mass is 371 g/mol. The maximum Gasteiger partial charge on any atom is 0.416 e. The van der Waals surface area contributed by atoms with Gasteiger partial charge in [0.1, 0.15) is 11.0 Å². The molecule has 0 unspecified atom stereocenters. The van der Waals surface area contributed by atoms with Crippen LogP contribution >= 0.6 is 0 Å². The van der Waals surface area contributed by atoms with E-state index in [0.29, 0.717) is 18.2 Å². The number of hydrogen-bond acceptors (Lipinski definition) is 3. The lowest BCUT2D eigenvalue weighted by molar-refractivity contribution is -0.143. The van der Waals surface area contributed by atoms with Gasteiger partial charge in [-0.3, -0.25) is 0 Å². The summed E-state index contributed by atoms with van der Waals surface area (Å²) >= 11 is 0. The van der Waals surface area contributed by atoms with E-state index in [1.165, 1.54) is 19.9 Å². The van der Waals surface area contributed by atoms with Crippen molar-refractivity contribution in [2.75, 3.05) is 0 Å². The Hall–Kier alpha value is -2.02. The van der Waals surface area contributed by atoms with Gasteiger partial charge in [0.25, 0.3) is 0 Å². The molecule has 0 aliphatic heterocycles. The molecule has 0 bridgehead atoms. The largest absolute Gasteiger partial charge is 0.416 e. The molecule has 1 aromatic rings. The zero-order chi connectivity index (χ0) is 18.9. The summed E-state index contributed by atoms with van der Waals surface area (Å²) in [5.41, 5.74) is -3.87. The summed E-state index contributed by atoms with van der Waals surface area (Å²) in [6.07, 6.45) is -9.62. The van der Waals surface area contributed by atoms with E-state index in [4.69, 9.17) is 5.26 Å². The predicted octanol–water partition coefficient (Wildman–Crippen LogP) is 4.41. The van der Waals surface area contributed by atoms with Crippen LogP contribution in [0.1, 0.15) is 30.5 Å². The van der Waals surface area contributed by atoms with E-state index in [0.717, 1.165) is 0 Å². The Balaban J connectivity index is 3.65. The summed E-state index contributed by atoms with van der Waals surface area (Å²) in [6, 6.07) is 1.92. The maximum absolute atomic E-state index is 12.7. The molecule has 0 heterocycles. The molecule has 0 fully saturated rings. The molecule has 0 aliphatic rings. The molecule has 10 heteroatoms. The first kappa shape index (κ1) is 20.0. The van der Waals surface area contributed by atoms with Gasteiger partial charge in [0, 0.05) is 0 Å². The molecule has 0 saturated heterocycles. The minimum Gasteiger partial charge on any atom is -0.223 e. The summed E-state index contributed by atoms with van der Waals surface area (Å²) < 4.78 is 100. The fourth-order valence-corrected chi connectivity index (χ4v) is 2.58. The van der Waals surface area contributed by atoms with E-state index in [1.807, 2.05) is 0 Å². The van der Waals surface area contributed by atoms with E-state index in [2.05, 4.69) is 0 Å². The Bertz CT molecular complexity index is 766. The molecular formula is C14H11F6NO2S. The Labute approximate surface area is 134 Å². The minimum atomic E-state index is -5.06. The fraction of sp³-hybridized carbons (Fsp3) is 0.357. The van der Waals surface area contributed by atoms with Crippen molar-refractivity contribution < 1.29 is 34.8 Å².